The van der Waals surface area contributed by atoms with E-state index in [1.807, 2.05) is 0 Å². The fourth-order valence-corrected chi connectivity index (χ4v) is 5.14. The van der Waals surface area contributed by atoms with Crippen molar-refractivity contribution in [1.29, 1.82) is 0 Å². The van der Waals surface area contributed by atoms with Crippen molar-refractivity contribution in [3.05, 3.63) is 0 Å². The first kappa shape index (κ1) is 38.9. The summed E-state index contributed by atoms with van der Waals surface area (Å²) in [6, 6.07) is 0. The fraction of sp³-hybridized carbons (Fsp3) is 0.943. The Morgan fingerprint density at radius 2 is 0.650 bits per heavy atom. The summed E-state index contributed by atoms with van der Waals surface area (Å²) in [5, 5.41) is 9.96. The largest absolute Gasteiger partial charge is 0.463 e. The van der Waals surface area contributed by atoms with Crippen molar-refractivity contribution in [1.82, 2.24) is 0 Å². The van der Waals surface area contributed by atoms with Gasteiger partial charge in [-0.1, -0.05) is 168 Å². The number of unbranched alkanes of at least 4 members (excludes halogenated alkanes) is 24. The first-order valence-electron chi connectivity index (χ1n) is 17.6. The average Bonchev–Trinajstić information content (AvgIpc) is 2.95. The van der Waals surface area contributed by atoms with E-state index in [-0.39, 0.29) is 25.2 Å². The summed E-state index contributed by atoms with van der Waals surface area (Å²) in [4.78, 5) is 23.8. The number of carbonyl (C=O) groups is 2. The summed E-state index contributed by atoms with van der Waals surface area (Å²) in [5.41, 5.74) is 0. The molecule has 0 amide bonds. The zero-order valence-corrected chi connectivity index (χ0v) is 26.9. The molecule has 0 radical (unpaired) electrons. The number of aliphatic hydroxyl groups excluding tert-OH is 1. The first-order valence-corrected chi connectivity index (χ1v) is 17.6. The predicted octanol–water partition coefficient (Wildman–Crippen LogP) is 10.4. The van der Waals surface area contributed by atoms with E-state index >= 15 is 0 Å². The smallest absolute Gasteiger partial charge is 0.305 e. The lowest BCUT2D eigenvalue weighted by Gasteiger charge is -2.12. The fourth-order valence-electron chi connectivity index (χ4n) is 5.14. The monoisotopic (exact) mass is 569 g/mol. The molecule has 0 heterocycles. The Labute approximate surface area is 248 Å². The van der Waals surface area contributed by atoms with Crippen LogP contribution in [0.2, 0.25) is 0 Å². The van der Waals surface area contributed by atoms with Crippen LogP contribution in [0.1, 0.15) is 194 Å². The van der Waals surface area contributed by atoms with Gasteiger partial charge in [0.1, 0.15) is 19.3 Å². The number of hydrogen-bond donors (Lipinski definition) is 1. The first-order chi connectivity index (χ1) is 19.6. The van der Waals surface area contributed by atoms with Crippen LogP contribution >= 0.6 is 0 Å². The topological polar surface area (TPSA) is 72.8 Å². The van der Waals surface area contributed by atoms with E-state index in [2.05, 4.69) is 13.8 Å². The third-order valence-corrected chi connectivity index (χ3v) is 7.84. The molecule has 0 saturated carbocycles. The van der Waals surface area contributed by atoms with Crippen molar-refractivity contribution >= 4 is 11.9 Å². The Morgan fingerprint density at radius 1 is 0.425 bits per heavy atom. The lowest BCUT2D eigenvalue weighted by Crippen LogP contribution is -2.25. The van der Waals surface area contributed by atoms with E-state index in [1.165, 1.54) is 141 Å². The van der Waals surface area contributed by atoms with Gasteiger partial charge in [-0.25, -0.2) is 0 Å². The zero-order chi connectivity index (χ0) is 29.4. The standard InChI is InChI=1S/C35H68O5/c1-3-5-7-9-11-13-15-16-17-18-20-22-24-26-28-30-35(38)40-32-33(36)31-39-34(37)29-27-25-23-21-19-14-12-10-8-6-4-2/h33,36H,3-32H2,1-2H3/t33-/m0/s1. The van der Waals surface area contributed by atoms with Crippen LogP contribution in [0, 0.1) is 0 Å². The van der Waals surface area contributed by atoms with Crippen LogP contribution < -0.4 is 0 Å². The third kappa shape index (κ3) is 31.4. The molecule has 0 aromatic heterocycles. The summed E-state index contributed by atoms with van der Waals surface area (Å²) in [7, 11) is 0. The molecule has 0 saturated heterocycles. The second kappa shape index (κ2) is 32.4. The van der Waals surface area contributed by atoms with Crippen molar-refractivity contribution in [2.24, 2.45) is 0 Å². The minimum atomic E-state index is -0.953. The molecule has 0 rings (SSSR count). The highest BCUT2D eigenvalue weighted by atomic mass is 16.6. The SMILES string of the molecule is CCCCCCCCCCCCCCCCCC(=O)OC[C@@H](O)COC(=O)CCCCCCCCCCCCC. The third-order valence-electron chi connectivity index (χ3n) is 7.84. The van der Waals surface area contributed by atoms with Crippen LogP contribution in [0.25, 0.3) is 0 Å². The van der Waals surface area contributed by atoms with Crippen LogP contribution in [0.5, 0.6) is 0 Å². The van der Waals surface area contributed by atoms with Gasteiger partial charge in [0.05, 0.1) is 0 Å². The normalized spacial score (nSPS) is 12.0. The molecular formula is C35H68O5. The van der Waals surface area contributed by atoms with E-state index in [4.69, 9.17) is 9.47 Å². The van der Waals surface area contributed by atoms with E-state index in [0.29, 0.717) is 12.8 Å². The molecule has 5 heteroatoms. The highest BCUT2D eigenvalue weighted by Gasteiger charge is 2.12. The lowest BCUT2D eigenvalue weighted by molar-refractivity contribution is -0.152. The second-order valence-corrected chi connectivity index (χ2v) is 12.0. The molecule has 0 fully saturated rings. The number of ether oxygens (including phenoxy) is 2. The van der Waals surface area contributed by atoms with Crippen molar-refractivity contribution in [2.45, 2.75) is 200 Å². The van der Waals surface area contributed by atoms with Crippen molar-refractivity contribution < 1.29 is 24.2 Å². The highest BCUT2D eigenvalue weighted by Crippen LogP contribution is 2.14. The summed E-state index contributed by atoms with van der Waals surface area (Å²) in [6.07, 6.45) is 32.9. The molecule has 40 heavy (non-hydrogen) atoms. The van der Waals surface area contributed by atoms with Gasteiger partial charge in [0.2, 0.25) is 0 Å². The van der Waals surface area contributed by atoms with Gasteiger partial charge in [-0.05, 0) is 12.8 Å². The van der Waals surface area contributed by atoms with Gasteiger partial charge in [0.25, 0.3) is 0 Å². The van der Waals surface area contributed by atoms with Crippen molar-refractivity contribution in [2.75, 3.05) is 13.2 Å². The molecule has 0 bridgehead atoms. The quantitative estimate of drug-likeness (QED) is 0.0645. The molecule has 0 aliphatic carbocycles. The molecule has 0 aromatic rings. The lowest BCUT2D eigenvalue weighted by atomic mass is 10.0. The van der Waals surface area contributed by atoms with Gasteiger partial charge in [0, 0.05) is 12.8 Å². The van der Waals surface area contributed by atoms with Crippen LogP contribution in [-0.2, 0) is 19.1 Å². The van der Waals surface area contributed by atoms with Crippen LogP contribution in [0.15, 0.2) is 0 Å². The zero-order valence-electron chi connectivity index (χ0n) is 26.9. The molecule has 1 atom stereocenters. The van der Waals surface area contributed by atoms with E-state index in [9.17, 15) is 14.7 Å². The van der Waals surface area contributed by atoms with E-state index < -0.39 is 6.10 Å². The second-order valence-electron chi connectivity index (χ2n) is 12.0. The molecule has 0 aliphatic heterocycles. The maximum absolute atomic E-state index is 11.9. The van der Waals surface area contributed by atoms with Crippen molar-refractivity contribution in [3.8, 4) is 0 Å². The number of esters is 2. The molecular weight excluding hydrogens is 500 g/mol. The molecule has 0 spiro atoms. The average molecular weight is 569 g/mol. The molecule has 0 aliphatic rings. The Morgan fingerprint density at radius 3 is 0.900 bits per heavy atom. The van der Waals surface area contributed by atoms with Gasteiger partial charge < -0.3 is 14.6 Å². The Hall–Kier alpha value is -1.10. The predicted molar refractivity (Wildman–Crippen MR) is 169 cm³/mol. The Bertz CT molecular complexity index is 536. The Kier molecular flexibility index (Phi) is 31.5. The Balaban J connectivity index is 3.39. The van der Waals surface area contributed by atoms with Crippen molar-refractivity contribution in [3.63, 3.8) is 0 Å². The highest BCUT2D eigenvalue weighted by molar-refractivity contribution is 5.69. The number of rotatable bonds is 32. The molecule has 238 valence electrons. The van der Waals surface area contributed by atoms with Crippen LogP contribution in [-0.4, -0.2) is 36.4 Å². The number of aliphatic hydroxyl groups is 1. The van der Waals surface area contributed by atoms with Gasteiger partial charge in [0.15, 0.2) is 0 Å². The van der Waals surface area contributed by atoms with Gasteiger partial charge in [-0.15, -0.1) is 0 Å². The van der Waals surface area contributed by atoms with Crippen LogP contribution in [0.3, 0.4) is 0 Å². The molecule has 0 unspecified atom stereocenters. The van der Waals surface area contributed by atoms with E-state index in [1.54, 1.807) is 0 Å². The van der Waals surface area contributed by atoms with Crippen LogP contribution in [0.4, 0.5) is 0 Å². The number of carbonyl (C=O) groups excluding carboxylic acids is 2. The maximum atomic E-state index is 11.9. The van der Waals surface area contributed by atoms with Gasteiger partial charge in [-0.3, -0.25) is 9.59 Å². The summed E-state index contributed by atoms with van der Waals surface area (Å²) >= 11 is 0. The van der Waals surface area contributed by atoms with E-state index in [0.717, 1.165) is 25.7 Å². The van der Waals surface area contributed by atoms with Gasteiger partial charge >= 0.3 is 11.9 Å². The molecule has 5 nitrogen and oxygen atoms in total. The minimum Gasteiger partial charge on any atom is -0.463 e. The van der Waals surface area contributed by atoms with Gasteiger partial charge in [-0.2, -0.15) is 0 Å². The molecule has 1 N–H and O–H groups in total. The molecule has 0 aromatic carbocycles. The number of hydrogen-bond acceptors (Lipinski definition) is 5. The summed E-state index contributed by atoms with van der Waals surface area (Å²) in [5.74, 6) is -0.555. The maximum Gasteiger partial charge on any atom is 0.305 e. The summed E-state index contributed by atoms with van der Waals surface area (Å²) < 4.78 is 10.3. The summed E-state index contributed by atoms with van der Waals surface area (Å²) in [6.45, 7) is 4.30. The minimum absolute atomic E-state index is 0.108.